The molecule has 150 valence electrons. The number of rotatable bonds is 6. The number of benzene rings is 2. The third-order valence-electron chi connectivity index (χ3n) is 4.03. The molecule has 4 aromatic rings. The van der Waals surface area contributed by atoms with Crippen LogP contribution in [0, 0.1) is 5.82 Å². The Kier molecular flexibility index (Phi) is 5.61. The average molecular weight is 405 g/mol. The van der Waals surface area contributed by atoms with Crippen LogP contribution in [0.1, 0.15) is 5.56 Å². The monoisotopic (exact) mass is 405 g/mol. The first kappa shape index (κ1) is 19.1. The smallest absolute Gasteiger partial charge is 0.319 e. The fourth-order valence-corrected chi connectivity index (χ4v) is 2.67. The largest absolute Gasteiger partial charge is 0.439 e. The van der Waals surface area contributed by atoms with Crippen molar-refractivity contribution in [3.05, 3.63) is 84.6 Å². The van der Waals surface area contributed by atoms with Crippen LogP contribution in [0.15, 0.2) is 77.7 Å². The summed E-state index contributed by atoms with van der Waals surface area (Å²) in [6.45, 7) is 0.160. The van der Waals surface area contributed by atoms with Crippen molar-refractivity contribution in [1.82, 2.24) is 20.5 Å². The molecule has 0 spiro atoms. The Morgan fingerprint density at radius 3 is 2.83 bits per heavy atom. The number of pyridine rings is 1. The molecule has 0 atom stereocenters. The van der Waals surface area contributed by atoms with Crippen LogP contribution in [0.4, 0.5) is 14.9 Å². The number of hydrogen-bond acceptors (Lipinski definition) is 6. The van der Waals surface area contributed by atoms with Gasteiger partial charge in [0, 0.05) is 35.6 Å². The van der Waals surface area contributed by atoms with Crippen molar-refractivity contribution in [1.29, 1.82) is 0 Å². The molecule has 9 heteroatoms. The van der Waals surface area contributed by atoms with Gasteiger partial charge in [0.15, 0.2) is 0 Å². The van der Waals surface area contributed by atoms with Gasteiger partial charge in [-0.05, 0) is 36.4 Å². The van der Waals surface area contributed by atoms with Gasteiger partial charge in [-0.1, -0.05) is 18.2 Å². The van der Waals surface area contributed by atoms with Gasteiger partial charge in [-0.25, -0.2) is 14.2 Å². The zero-order chi connectivity index (χ0) is 20.8. The normalized spacial score (nSPS) is 10.4. The molecule has 8 nitrogen and oxygen atoms in total. The maximum Gasteiger partial charge on any atom is 0.319 e. The SMILES string of the molecule is O=C(NCc1cccnc1Oc1cccc(F)c1)Nc1cccc(-c2nnco2)c1. The summed E-state index contributed by atoms with van der Waals surface area (Å²) in [5.74, 6) is 0.540. The van der Waals surface area contributed by atoms with Crippen molar-refractivity contribution in [3.63, 3.8) is 0 Å². The van der Waals surface area contributed by atoms with Gasteiger partial charge < -0.3 is 19.8 Å². The van der Waals surface area contributed by atoms with Crippen molar-refractivity contribution in [2.45, 2.75) is 6.54 Å². The van der Waals surface area contributed by atoms with Gasteiger partial charge in [-0.3, -0.25) is 0 Å². The van der Waals surface area contributed by atoms with E-state index < -0.39 is 11.8 Å². The molecule has 0 unspecified atom stereocenters. The highest BCUT2D eigenvalue weighted by molar-refractivity contribution is 5.89. The number of urea groups is 1. The van der Waals surface area contributed by atoms with E-state index in [-0.39, 0.29) is 12.4 Å². The number of carbonyl (C=O) groups excluding carboxylic acids is 1. The summed E-state index contributed by atoms with van der Waals surface area (Å²) in [7, 11) is 0. The van der Waals surface area contributed by atoms with E-state index >= 15 is 0 Å². The molecule has 2 N–H and O–H groups in total. The van der Waals surface area contributed by atoms with E-state index in [4.69, 9.17) is 9.15 Å². The molecule has 2 aromatic carbocycles. The molecule has 2 aromatic heterocycles. The predicted octanol–water partition coefficient (Wildman–Crippen LogP) is 4.38. The highest BCUT2D eigenvalue weighted by Gasteiger charge is 2.10. The molecule has 30 heavy (non-hydrogen) atoms. The third kappa shape index (κ3) is 4.76. The lowest BCUT2D eigenvalue weighted by molar-refractivity contribution is 0.251. The fraction of sp³-hybridized carbons (Fsp3) is 0.0476. The average Bonchev–Trinajstić information content (AvgIpc) is 3.28. The number of nitrogens with one attached hydrogen (secondary N) is 2. The second-order valence-corrected chi connectivity index (χ2v) is 6.16. The number of halogens is 1. The summed E-state index contributed by atoms with van der Waals surface area (Å²) in [5, 5.41) is 13.0. The van der Waals surface area contributed by atoms with Crippen LogP contribution < -0.4 is 15.4 Å². The van der Waals surface area contributed by atoms with Crippen LogP contribution in [0.25, 0.3) is 11.5 Å². The lowest BCUT2D eigenvalue weighted by Gasteiger charge is -2.12. The topological polar surface area (TPSA) is 102 Å². The van der Waals surface area contributed by atoms with Gasteiger partial charge in [-0.15, -0.1) is 10.2 Å². The number of ether oxygens (including phenoxy) is 1. The Morgan fingerprint density at radius 2 is 2.00 bits per heavy atom. The molecule has 0 fully saturated rings. The maximum atomic E-state index is 13.4. The summed E-state index contributed by atoms with van der Waals surface area (Å²) in [4.78, 5) is 16.5. The number of anilines is 1. The van der Waals surface area contributed by atoms with E-state index in [1.54, 1.807) is 54.7 Å². The van der Waals surface area contributed by atoms with Gasteiger partial charge in [-0.2, -0.15) is 0 Å². The molecule has 0 aliphatic carbocycles. The molecule has 0 aliphatic rings. The lowest BCUT2D eigenvalue weighted by Crippen LogP contribution is -2.28. The van der Waals surface area contributed by atoms with Crippen LogP contribution in [-0.2, 0) is 6.54 Å². The Bertz CT molecular complexity index is 1150. The minimum absolute atomic E-state index is 0.160. The predicted molar refractivity (Wildman–Crippen MR) is 106 cm³/mol. The molecular formula is C21H16FN5O3. The van der Waals surface area contributed by atoms with Gasteiger partial charge in [0.2, 0.25) is 18.2 Å². The lowest BCUT2D eigenvalue weighted by atomic mass is 10.2. The standard InChI is InChI=1S/C21H16FN5O3/c22-16-6-2-8-18(11-16)30-19-15(5-3-9-23-19)12-24-21(28)26-17-7-1-4-14(10-17)20-27-25-13-29-20/h1-11,13H,12H2,(H2,24,26,28). The Labute approximate surface area is 170 Å². The molecule has 0 bridgehead atoms. The zero-order valence-corrected chi connectivity index (χ0v) is 15.6. The Balaban J connectivity index is 1.39. The van der Waals surface area contributed by atoms with Crippen molar-refractivity contribution in [2.75, 3.05) is 5.32 Å². The summed E-state index contributed by atoms with van der Waals surface area (Å²) < 4.78 is 24.2. The summed E-state index contributed by atoms with van der Waals surface area (Å²) in [6, 6.07) is 15.8. The summed E-state index contributed by atoms with van der Waals surface area (Å²) >= 11 is 0. The zero-order valence-electron chi connectivity index (χ0n) is 15.6. The van der Waals surface area contributed by atoms with E-state index in [1.807, 2.05) is 0 Å². The minimum Gasteiger partial charge on any atom is -0.439 e. The second-order valence-electron chi connectivity index (χ2n) is 6.16. The van der Waals surface area contributed by atoms with Gasteiger partial charge in [0.25, 0.3) is 0 Å². The minimum atomic E-state index is -0.418. The summed E-state index contributed by atoms with van der Waals surface area (Å²) in [6.07, 6.45) is 2.79. The molecule has 4 rings (SSSR count). The number of amides is 2. The van der Waals surface area contributed by atoms with Crippen LogP contribution in [0.3, 0.4) is 0 Å². The molecule has 0 radical (unpaired) electrons. The Hall–Kier alpha value is -4.27. The van der Waals surface area contributed by atoms with Crippen molar-refractivity contribution >= 4 is 11.7 Å². The van der Waals surface area contributed by atoms with Gasteiger partial charge >= 0.3 is 6.03 Å². The van der Waals surface area contributed by atoms with Crippen molar-refractivity contribution in [2.24, 2.45) is 0 Å². The molecule has 0 saturated carbocycles. The highest BCUT2D eigenvalue weighted by atomic mass is 19.1. The first-order valence-corrected chi connectivity index (χ1v) is 8.96. The summed E-state index contributed by atoms with van der Waals surface area (Å²) in [5.41, 5.74) is 1.88. The molecule has 2 heterocycles. The quantitative estimate of drug-likeness (QED) is 0.493. The van der Waals surface area contributed by atoms with Gasteiger partial charge in [0.1, 0.15) is 11.6 Å². The van der Waals surface area contributed by atoms with Crippen molar-refractivity contribution in [3.8, 4) is 23.1 Å². The van der Waals surface area contributed by atoms with E-state index in [2.05, 4.69) is 25.8 Å². The highest BCUT2D eigenvalue weighted by Crippen LogP contribution is 2.24. The first-order valence-electron chi connectivity index (χ1n) is 8.96. The molecule has 2 amide bonds. The number of nitrogens with zero attached hydrogens (tertiary/aromatic N) is 3. The Morgan fingerprint density at radius 1 is 1.10 bits per heavy atom. The third-order valence-corrected chi connectivity index (χ3v) is 4.03. The van der Waals surface area contributed by atoms with E-state index in [1.165, 1.54) is 18.5 Å². The van der Waals surface area contributed by atoms with Crippen molar-refractivity contribution < 1.29 is 18.3 Å². The van der Waals surface area contributed by atoms with E-state index in [0.717, 1.165) is 0 Å². The van der Waals surface area contributed by atoms with Gasteiger partial charge in [0.05, 0.1) is 0 Å². The van der Waals surface area contributed by atoms with Crippen LogP contribution >= 0.6 is 0 Å². The number of carbonyl (C=O) groups is 1. The van der Waals surface area contributed by atoms with E-state index in [0.29, 0.717) is 28.5 Å². The van der Waals surface area contributed by atoms with Crippen LogP contribution in [0.2, 0.25) is 0 Å². The van der Waals surface area contributed by atoms with Crippen LogP contribution in [-0.4, -0.2) is 21.2 Å². The van der Waals surface area contributed by atoms with E-state index in [9.17, 15) is 9.18 Å². The second kappa shape index (κ2) is 8.82. The molecule has 0 aliphatic heterocycles. The molecule has 0 saturated heterocycles. The number of hydrogen-bond donors (Lipinski definition) is 2. The molecular weight excluding hydrogens is 389 g/mol. The van der Waals surface area contributed by atoms with Crippen LogP contribution in [0.5, 0.6) is 11.6 Å². The maximum absolute atomic E-state index is 13.4. The fourth-order valence-electron chi connectivity index (χ4n) is 2.67. The number of aromatic nitrogens is 3. The first-order chi connectivity index (χ1) is 14.7.